The molecule has 0 bridgehead atoms. The van der Waals surface area contributed by atoms with Gasteiger partial charge in [-0.3, -0.25) is 4.79 Å². The lowest BCUT2D eigenvalue weighted by molar-refractivity contribution is -0.124. The molecule has 0 saturated heterocycles. The van der Waals surface area contributed by atoms with Gasteiger partial charge in [-0.15, -0.1) is 0 Å². The fourth-order valence-electron chi connectivity index (χ4n) is 3.13. The van der Waals surface area contributed by atoms with Crippen LogP contribution in [0.3, 0.4) is 0 Å². The summed E-state index contributed by atoms with van der Waals surface area (Å²) in [7, 11) is 2.19. The van der Waals surface area contributed by atoms with Crippen LogP contribution in [-0.4, -0.2) is 43.0 Å². The van der Waals surface area contributed by atoms with Crippen LogP contribution in [0, 0.1) is 5.92 Å². The van der Waals surface area contributed by atoms with Gasteiger partial charge in [-0.2, -0.15) is 0 Å². The molecule has 0 radical (unpaired) electrons. The minimum atomic E-state index is -0.551. The van der Waals surface area contributed by atoms with Gasteiger partial charge in [0.05, 0.1) is 5.54 Å². The second-order valence-electron chi connectivity index (χ2n) is 6.64. The zero-order valence-electron chi connectivity index (χ0n) is 13.6. The van der Waals surface area contributed by atoms with Crippen LogP contribution >= 0.6 is 0 Å². The predicted octanol–water partition coefficient (Wildman–Crippen LogP) is 2.13. The third kappa shape index (κ3) is 5.80. The van der Waals surface area contributed by atoms with Crippen molar-refractivity contribution in [3.63, 3.8) is 0 Å². The normalized spacial score (nSPS) is 19.4. The second kappa shape index (κ2) is 8.63. The molecule has 0 aromatic heterocycles. The van der Waals surface area contributed by atoms with Gasteiger partial charge in [-0.25, -0.2) is 0 Å². The van der Waals surface area contributed by atoms with Crippen LogP contribution in [0.15, 0.2) is 0 Å². The molecule has 1 aliphatic rings. The first-order valence-electron chi connectivity index (χ1n) is 8.21. The zero-order valence-corrected chi connectivity index (χ0v) is 13.6. The first-order chi connectivity index (χ1) is 9.48. The number of nitrogens with two attached hydrogens (primary N) is 1. The summed E-state index contributed by atoms with van der Waals surface area (Å²) in [5, 5.41) is 3.30. The fraction of sp³-hybridized carbons (Fsp3) is 0.938. The number of carbonyl (C=O) groups excluding carboxylic acids is 1. The molecule has 1 unspecified atom stereocenters. The first kappa shape index (κ1) is 17.4. The highest BCUT2D eigenvalue weighted by atomic mass is 16.1. The molecule has 1 atom stereocenters. The van der Waals surface area contributed by atoms with Gasteiger partial charge in [0.25, 0.3) is 0 Å². The summed E-state index contributed by atoms with van der Waals surface area (Å²) < 4.78 is 0. The van der Waals surface area contributed by atoms with Gasteiger partial charge in [0.1, 0.15) is 0 Å². The van der Waals surface area contributed by atoms with Crippen molar-refractivity contribution in [1.29, 1.82) is 0 Å². The summed E-state index contributed by atoms with van der Waals surface area (Å²) >= 11 is 0. The molecule has 1 fully saturated rings. The molecule has 4 heteroatoms. The lowest BCUT2D eigenvalue weighted by Gasteiger charge is -2.29. The highest BCUT2D eigenvalue weighted by Gasteiger charge is 2.29. The largest absolute Gasteiger partial charge is 0.368 e. The average molecular weight is 283 g/mol. The molecule has 0 aromatic rings. The number of hydrogen-bond donors (Lipinski definition) is 2. The van der Waals surface area contributed by atoms with Gasteiger partial charge in [-0.05, 0) is 65.1 Å². The minimum Gasteiger partial charge on any atom is -0.368 e. The quantitative estimate of drug-likeness (QED) is 0.646. The molecular weight excluding hydrogens is 250 g/mol. The van der Waals surface area contributed by atoms with E-state index in [-0.39, 0.29) is 5.91 Å². The Labute approximate surface area is 124 Å². The Morgan fingerprint density at radius 1 is 1.40 bits per heavy atom. The number of carbonyl (C=O) groups is 1. The Morgan fingerprint density at radius 2 is 2.05 bits per heavy atom. The van der Waals surface area contributed by atoms with Crippen LogP contribution in [0.5, 0.6) is 0 Å². The van der Waals surface area contributed by atoms with Crippen molar-refractivity contribution in [2.75, 3.05) is 26.7 Å². The number of hydrogen-bond acceptors (Lipinski definition) is 3. The van der Waals surface area contributed by atoms with Gasteiger partial charge >= 0.3 is 0 Å². The summed E-state index contributed by atoms with van der Waals surface area (Å²) in [5.74, 6) is 0.658. The standard InChI is InChI=1S/C16H33N3O/c1-4-11-18-16(2,15(17)20)10-7-12-19(3)13-14-8-5-6-9-14/h14,18H,4-13H2,1-3H3,(H2,17,20). The van der Waals surface area contributed by atoms with Crippen LogP contribution < -0.4 is 11.1 Å². The first-order valence-corrected chi connectivity index (χ1v) is 8.21. The number of rotatable bonds is 10. The zero-order chi connectivity index (χ0) is 15.0. The SMILES string of the molecule is CCCNC(C)(CCCN(C)CC1CCCC1)C(N)=O. The van der Waals surface area contributed by atoms with E-state index in [0.717, 1.165) is 38.3 Å². The molecule has 0 spiro atoms. The Bertz CT molecular complexity index is 289. The van der Waals surface area contributed by atoms with Gasteiger partial charge in [0.2, 0.25) is 5.91 Å². The van der Waals surface area contributed by atoms with Gasteiger partial charge in [0.15, 0.2) is 0 Å². The van der Waals surface area contributed by atoms with Crippen LogP contribution in [-0.2, 0) is 4.79 Å². The molecule has 20 heavy (non-hydrogen) atoms. The minimum absolute atomic E-state index is 0.232. The van der Waals surface area contributed by atoms with Crippen molar-refractivity contribution in [2.45, 2.75) is 64.3 Å². The Balaban J connectivity index is 2.26. The molecule has 0 heterocycles. The van der Waals surface area contributed by atoms with Crippen molar-refractivity contribution in [3.8, 4) is 0 Å². The Kier molecular flexibility index (Phi) is 7.52. The van der Waals surface area contributed by atoms with E-state index in [4.69, 9.17) is 5.73 Å². The van der Waals surface area contributed by atoms with Gasteiger partial charge in [0, 0.05) is 6.54 Å². The van der Waals surface area contributed by atoms with Crippen molar-refractivity contribution < 1.29 is 4.79 Å². The molecule has 1 rings (SSSR count). The number of nitrogens with zero attached hydrogens (tertiary/aromatic N) is 1. The maximum atomic E-state index is 11.6. The summed E-state index contributed by atoms with van der Waals surface area (Å²) in [5.41, 5.74) is 4.99. The topological polar surface area (TPSA) is 58.4 Å². The average Bonchev–Trinajstić information content (AvgIpc) is 2.89. The van der Waals surface area contributed by atoms with Crippen LogP contribution in [0.2, 0.25) is 0 Å². The number of nitrogens with one attached hydrogen (secondary N) is 1. The van der Waals surface area contributed by atoms with E-state index in [1.165, 1.54) is 32.2 Å². The highest BCUT2D eigenvalue weighted by molar-refractivity contribution is 5.84. The van der Waals surface area contributed by atoms with Crippen molar-refractivity contribution >= 4 is 5.91 Å². The van der Waals surface area contributed by atoms with E-state index in [2.05, 4.69) is 24.2 Å². The van der Waals surface area contributed by atoms with E-state index >= 15 is 0 Å². The van der Waals surface area contributed by atoms with Gasteiger partial charge < -0.3 is 16.0 Å². The molecule has 1 saturated carbocycles. The van der Waals surface area contributed by atoms with E-state index in [0.29, 0.717) is 0 Å². The second-order valence-corrected chi connectivity index (χ2v) is 6.64. The van der Waals surface area contributed by atoms with Crippen molar-refractivity contribution in [3.05, 3.63) is 0 Å². The highest BCUT2D eigenvalue weighted by Crippen LogP contribution is 2.25. The molecule has 1 aliphatic carbocycles. The maximum Gasteiger partial charge on any atom is 0.237 e. The Morgan fingerprint density at radius 3 is 2.60 bits per heavy atom. The van der Waals surface area contributed by atoms with Crippen LogP contribution in [0.25, 0.3) is 0 Å². The van der Waals surface area contributed by atoms with E-state index in [1.807, 2.05) is 6.92 Å². The van der Waals surface area contributed by atoms with Crippen LogP contribution in [0.4, 0.5) is 0 Å². The lowest BCUT2D eigenvalue weighted by atomic mass is 9.94. The number of primary amides is 1. The third-order valence-corrected chi connectivity index (χ3v) is 4.57. The monoisotopic (exact) mass is 283 g/mol. The fourth-order valence-corrected chi connectivity index (χ4v) is 3.13. The molecule has 118 valence electrons. The molecule has 4 nitrogen and oxygen atoms in total. The summed E-state index contributed by atoms with van der Waals surface area (Å²) in [6.07, 6.45) is 8.43. The van der Waals surface area contributed by atoms with E-state index in [1.54, 1.807) is 0 Å². The summed E-state index contributed by atoms with van der Waals surface area (Å²) in [6.45, 7) is 7.13. The van der Waals surface area contributed by atoms with Gasteiger partial charge in [-0.1, -0.05) is 19.8 Å². The molecular formula is C16H33N3O. The predicted molar refractivity (Wildman–Crippen MR) is 84.6 cm³/mol. The summed E-state index contributed by atoms with van der Waals surface area (Å²) in [6, 6.07) is 0. The van der Waals surface area contributed by atoms with Crippen molar-refractivity contribution in [2.24, 2.45) is 11.7 Å². The summed E-state index contributed by atoms with van der Waals surface area (Å²) in [4.78, 5) is 14.0. The molecule has 0 aromatic carbocycles. The van der Waals surface area contributed by atoms with Crippen molar-refractivity contribution in [1.82, 2.24) is 10.2 Å². The molecule has 3 N–H and O–H groups in total. The Hall–Kier alpha value is -0.610. The maximum absolute atomic E-state index is 11.6. The molecule has 1 amide bonds. The molecule has 0 aliphatic heterocycles. The number of amides is 1. The van der Waals surface area contributed by atoms with Crippen LogP contribution in [0.1, 0.15) is 58.8 Å². The van der Waals surface area contributed by atoms with E-state index in [9.17, 15) is 4.79 Å². The lowest BCUT2D eigenvalue weighted by Crippen LogP contribution is -2.53. The third-order valence-electron chi connectivity index (χ3n) is 4.57. The van der Waals surface area contributed by atoms with E-state index < -0.39 is 5.54 Å². The smallest absolute Gasteiger partial charge is 0.237 e.